The lowest BCUT2D eigenvalue weighted by Gasteiger charge is -2.14. The van der Waals surface area contributed by atoms with Gasteiger partial charge in [0.05, 0.1) is 17.2 Å². The Balaban J connectivity index is 2.02. The number of halogens is 3. The molecule has 2 aromatic rings. The summed E-state index contributed by atoms with van der Waals surface area (Å²) in [4.78, 5) is 8.30. The van der Waals surface area contributed by atoms with E-state index < -0.39 is 6.36 Å². The Morgan fingerprint density at radius 2 is 2.17 bits per heavy atom. The molecule has 5 nitrogen and oxygen atoms in total. The highest BCUT2D eigenvalue weighted by Crippen LogP contribution is 2.29. The Hall–Kier alpha value is -2.29. The van der Waals surface area contributed by atoms with Crippen LogP contribution < -0.4 is 15.8 Å². The quantitative estimate of drug-likeness (QED) is 0.642. The largest absolute Gasteiger partial charge is 0.573 e. The minimum absolute atomic E-state index is 0.00614. The van der Waals surface area contributed by atoms with Gasteiger partial charge < -0.3 is 15.8 Å². The number of alkyl halides is 3. The number of nitrogens with zero attached hydrogens (tertiary/aromatic N) is 2. The van der Waals surface area contributed by atoms with Gasteiger partial charge in [-0.25, -0.2) is 4.98 Å². The number of hydrogen-bond acceptors (Lipinski definition) is 4. The molecule has 1 heterocycles. The molecule has 9 heteroatoms. The molecule has 2 rings (SSSR count). The molecule has 0 saturated heterocycles. The Bertz CT molecular complexity index is 658. The van der Waals surface area contributed by atoms with Gasteiger partial charge in [0.2, 0.25) is 0 Å². The molecule has 0 amide bonds. The highest BCUT2D eigenvalue weighted by molar-refractivity contribution is 7.09. The molecule has 23 heavy (non-hydrogen) atoms. The van der Waals surface area contributed by atoms with Crippen LogP contribution in [-0.2, 0) is 0 Å². The van der Waals surface area contributed by atoms with Crippen LogP contribution in [0.3, 0.4) is 0 Å². The smallest absolute Gasteiger partial charge is 0.404 e. The van der Waals surface area contributed by atoms with Crippen LogP contribution in [0, 0.1) is 0 Å². The number of anilines is 1. The van der Waals surface area contributed by atoms with E-state index in [1.54, 1.807) is 12.3 Å². The second-order valence-corrected chi connectivity index (χ2v) is 5.59. The first-order valence-electron chi connectivity index (χ1n) is 6.66. The first kappa shape index (κ1) is 17.1. The van der Waals surface area contributed by atoms with E-state index in [-0.39, 0.29) is 23.3 Å². The number of para-hydroxylation sites is 2. The van der Waals surface area contributed by atoms with E-state index in [9.17, 15) is 13.2 Å². The van der Waals surface area contributed by atoms with Crippen LogP contribution in [-0.4, -0.2) is 23.9 Å². The maximum absolute atomic E-state index is 12.4. The molecule has 1 unspecified atom stereocenters. The predicted molar refractivity (Wildman–Crippen MR) is 83.8 cm³/mol. The zero-order chi connectivity index (χ0) is 16.9. The van der Waals surface area contributed by atoms with Gasteiger partial charge in [0.25, 0.3) is 0 Å². The van der Waals surface area contributed by atoms with Gasteiger partial charge in [-0.05, 0) is 12.1 Å². The van der Waals surface area contributed by atoms with Crippen LogP contribution >= 0.6 is 11.3 Å². The van der Waals surface area contributed by atoms with Crippen molar-refractivity contribution in [2.75, 3.05) is 11.9 Å². The lowest BCUT2D eigenvalue weighted by Crippen LogP contribution is -2.25. The Labute approximate surface area is 135 Å². The van der Waals surface area contributed by atoms with Crippen molar-refractivity contribution < 1.29 is 17.9 Å². The van der Waals surface area contributed by atoms with Crippen LogP contribution in [0.4, 0.5) is 18.9 Å². The van der Waals surface area contributed by atoms with Crippen LogP contribution in [0.25, 0.3) is 0 Å². The number of ether oxygens (including phenoxy) is 1. The van der Waals surface area contributed by atoms with Crippen molar-refractivity contribution in [3.8, 4) is 5.75 Å². The summed E-state index contributed by atoms with van der Waals surface area (Å²) in [5, 5.41) is 5.40. The van der Waals surface area contributed by atoms with Gasteiger partial charge in [0, 0.05) is 17.5 Å². The standard InChI is InChI=1S/C14H15F3N4OS/c1-9(12-19-6-7-23-12)8-20-13(18)21-10-4-2-3-5-11(10)22-14(15,16)17/h2-7,9H,8H2,1H3,(H3,18,20,21). The third kappa shape index (κ3) is 5.44. The number of guanidine groups is 1. The fraction of sp³-hybridized carbons (Fsp3) is 0.286. The third-order valence-corrected chi connectivity index (χ3v) is 3.79. The summed E-state index contributed by atoms with van der Waals surface area (Å²) in [6.07, 6.45) is -3.07. The first-order valence-corrected chi connectivity index (χ1v) is 7.54. The molecule has 3 N–H and O–H groups in total. The summed E-state index contributed by atoms with van der Waals surface area (Å²) < 4.78 is 41.0. The monoisotopic (exact) mass is 344 g/mol. The minimum Gasteiger partial charge on any atom is -0.404 e. The van der Waals surface area contributed by atoms with Crippen molar-refractivity contribution in [3.63, 3.8) is 0 Å². The van der Waals surface area contributed by atoms with Crippen molar-refractivity contribution in [3.05, 3.63) is 40.8 Å². The van der Waals surface area contributed by atoms with Crippen molar-refractivity contribution in [1.82, 2.24) is 4.98 Å². The van der Waals surface area contributed by atoms with E-state index in [1.165, 1.54) is 29.5 Å². The number of aliphatic imine (C=N–C) groups is 1. The molecular weight excluding hydrogens is 329 g/mol. The van der Waals surface area contributed by atoms with Crippen molar-refractivity contribution in [2.45, 2.75) is 19.2 Å². The summed E-state index contributed by atoms with van der Waals surface area (Å²) in [5.41, 5.74) is 5.82. The molecule has 0 aliphatic heterocycles. The molecule has 0 spiro atoms. The molecule has 124 valence electrons. The summed E-state index contributed by atoms with van der Waals surface area (Å²) in [6.45, 7) is 2.31. The number of thiazole rings is 1. The van der Waals surface area contributed by atoms with E-state index in [0.717, 1.165) is 5.01 Å². The molecule has 0 saturated carbocycles. The van der Waals surface area contributed by atoms with Gasteiger partial charge in [0.1, 0.15) is 0 Å². The SMILES string of the molecule is CC(CN=C(N)Nc1ccccc1OC(F)(F)F)c1nccs1. The van der Waals surface area contributed by atoms with Crippen molar-refractivity contribution in [2.24, 2.45) is 10.7 Å². The topological polar surface area (TPSA) is 72.5 Å². The summed E-state index contributed by atoms with van der Waals surface area (Å²) in [7, 11) is 0. The fourth-order valence-corrected chi connectivity index (χ4v) is 2.44. The van der Waals surface area contributed by atoms with Gasteiger partial charge in [-0.3, -0.25) is 4.99 Å². The molecule has 1 aromatic heterocycles. The average molecular weight is 344 g/mol. The minimum atomic E-state index is -4.77. The van der Waals surface area contributed by atoms with Crippen LogP contribution in [0.2, 0.25) is 0 Å². The number of nitrogens with two attached hydrogens (primary N) is 1. The molecule has 1 aromatic carbocycles. The van der Waals surface area contributed by atoms with E-state index >= 15 is 0 Å². The highest BCUT2D eigenvalue weighted by atomic mass is 32.1. The van der Waals surface area contributed by atoms with Gasteiger partial charge >= 0.3 is 6.36 Å². The first-order chi connectivity index (χ1) is 10.8. The Kier molecular flexibility index (Phi) is 5.43. The van der Waals surface area contributed by atoms with Crippen LogP contribution in [0.15, 0.2) is 40.8 Å². The highest BCUT2D eigenvalue weighted by Gasteiger charge is 2.32. The number of benzene rings is 1. The van der Waals surface area contributed by atoms with Crippen LogP contribution in [0.1, 0.15) is 17.8 Å². The zero-order valence-corrected chi connectivity index (χ0v) is 13.0. The number of rotatable bonds is 5. The maximum atomic E-state index is 12.4. The summed E-state index contributed by atoms with van der Waals surface area (Å²) in [6, 6.07) is 5.62. The molecule has 0 bridgehead atoms. The fourth-order valence-electron chi connectivity index (χ4n) is 1.75. The van der Waals surface area contributed by atoms with Gasteiger partial charge in [0.15, 0.2) is 11.7 Å². The lowest BCUT2D eigenvalue weighted by molar-refractivity contribution is -0.274. The lowest BCUT2D eigenvalue weighted by atomic mass is 10.2. The van der Waals surface area contributed by atoms with Crippen molar-refractivity contribution >= 4 is 23.0 Å². The molecule has 1 atom stereocenters. The molecule has 0 aliphatic rings. The van der Waals surface area contributed by atoms with E-state index in [4.69, 9.17) is 5.73 Å². The van der Waals surface area contributed by atoms with E-state index in [0.29, 0.717) is 6.54 Å². The van der Waals surface area contributed by atoms with Gasteiger partial charge in [-0.2, -0.15) is 0 Å². The third-order valence-electron chi connectivity index (χ3n) is 2.78. The summed E-state index contributed by atoms with van der Waals surface area (Å²) >= 11 is 1.51. The Morgan fingerprint density at radius 1 is 1.43 bits per heavy atom. The molecule has 0 aliphatic carbocycles. The average Bonchev–Trinajstić information content (AvgIpc) is 2.99. The number of aromatic nitrogens is 1. The van der Waals surface area contributed by atoms with Crippen molar-refractivity contribution in [1.29, 1.82) is 0 Å². The van der Waals surface area contributed by atoms with E-state index in [2.05, 4.69) is 20.0 Å². The van der Waals surface area contributed by atoms with E-state index in [1.807, 2.05) is 12.3 Å². The molecular formula is C14H15F3N4OS. The van der Waals surface area contributed by atoms with Gasteiger partial charge in [-0.1, -0.05) is 19.1 Å². The normalized spacial score (nSPS) is 13.7. The second-order valence-electron chi connectivity index (χ2n) is 4.67. The van der Waals surface area contributed by atoms with Crippen LogP contribution in [0.5, 0.6) is 5.75 Å². The Morgan fingerprint density at radius 3 is 2.83 bits per heavy atom. The predicted octanol–water partition coefficient (Wildman–Crippen LogP) is 3.57. The second kappa shape index (κ2) is 7.32. The van der Waals surface area contributed by atoms with Gasteiger partial charge in [-0.15, -0.1) is 24.5 Å². The molecule has 0 radical (unpaired) electrons. The number of hydrogen-bond donors (Lipinski definition) is 2. The maximum Gasteiger partial charge on any atom is 0.573 e. The molecule has 0 fully saturated rings. The number of nitrogens with one attached hydrogen (secondary N) is 1. The summed E-state index contributed by atoms with van der Waals surface area (Å²) in [5.74, 6) is -0.297. The zero-order valence-electron chi connectivity index (χ0n) is 12.2.